The predicted molar refractivity (Wildman–Crippen MR) is 38.7 cm³/mol. The Morgan fingerprint density at radius 1 is 1.36 bits per heavy atom. The normalized spacial score (nSPS) is 20.4. The van der Waals surface area contributed by atoms with Crippen molar-refractivity contribution in [1.29, 1.82) is 0 Å². The van der Waals surface area contributed by atoms with Crippen molar-refractivity contribution in [3.8, 4) is 0 Å². The SMILES string of the molecule is O=P1(O)O[B]O1.OP(O)(O)=S. The highest BCUT2D eigenvalue weighted by Crippen LogP contribution is 2.49. The Morgan fingerprint density at radius 2 is 1.55 bits per heavy atom. The van der Waals surface area contributed by atoms with E-state index in [9.17, 15) is 4.57 Å². The Labute approximate surface area is 67.8 Å². The van der Waals surface area contributed by atoms with E-state index in [0.29, 0.717) is 0 Å². The summed E-state index contributed by atoms with van der Waals surface area (Å²) < 4.78 is 17.5. The largest absolute Gasteiger partial charge is 0.505 e. The van der Waals surface area contributed by atoms with Gasteiger partial charge in [-0.1, -0.05) is 0 Å². The maximum absolute atomic E-state index is 9.75. The van der Waals surface area contributed by atoms with Gasteiger partial charge in [0.2, 0.25) is 0 Å². The molecule has 0 atom stereocenters. The van der Waals surface area contributed by atoms with Gasteiger partial charge in [-0.25, -0.2) is 4.57 Å². The van der Waals surface area contributed by atoms with Gasteiger partial charge < -0.3 is 28.5 Å². The summed E-state index contributed by atoms with van der Waals surface area (Å²) in [4.78, 5) is 30.7. The minimum absolute atomic E-state index is 0.820. The Balaban J connectivity index is 0.000000187. The van der Waals surface area contributed by atoms with E-state index in [-0.39, 0.29) is 0 Å². The Kier molecular flexibility index (Phi) is 4.35. The zero-order chi connectivity index (χ0) is 9.12. The van der Waals surface area contributed by atoms with Gasteiger partial charge in [-0.3, -0.25) is 0 Å². The van der Waals surface area contributed by atoms with Crippen molar-refractivity contribution in [3.63, 3.8) is 0 Å². The van der Waals surface area contributed by atoms with Crippen LogP contribution >= 0.6 is 14.5 Å². The van der Waals surface area contributed by atoms with Crippen LogP contribution < -0.4 is 0 Å². The van der Waals surface area contributed by atoms with Crippen molar-refractivity contribution in [2.45, 2.75) is 0 Å². The van der Waals surface area contributed by atoms with Crippen LogP contribution in [0.3, 0.4) is 0 Å². The third kappa shape index (κ3) is 10.7. The molecule has 0 bridgehead atoms. The van der Waals surface area contributed by atoms with Crippen LogP contribution in [0.2, 0.25) is 0 Å². The van der Waals surface area contributed by atoms with E-state index in [2.05, 4.69) is 20.7 Å². The van der Waals surface area contributed by atoms with E-state index in [1.54, 1.807) is 0 Å². The predicted octanol–water partition coefficient (Wildman–Crippen LogP) is -1.14. The molecule has 0 aromatic heterocycles. The van der Waals surface area contributed by atoms with Gasteiger partial charge >= 0.3 is 22.2 Å². The van der Waals surface area contributed by atoms with Crippen LogP contribution in [0, 0.1) is 0 Å². The standard InChI is InChI=1S/BHO4P.H3O3PS/c2-6(3)4-1-5-6;1-4(2,3)5/h(H,2,3);(H3,1,2,3,5). The highest BCUT2D eigenvalue weighted by Gasteiger charge is 2.32. The van der Waals surface area contributed by atoms with Gasteiger partial charge in [-0.2, -0.15) is 0 Å². The first-order valence-electron chi connectivity index (χ1n) is 2.00. The first-order valence-corrected chi connectivity index (χ1v) is 6.16. The molecule has 11 heteroatoms. The van der Waals surface area contributed by atoms with Gasteiger partial charge in [-0.05, 0) is 11.8 Å². The molecule has 1 saturated heterocycles. The molecule has 65 valence electrons. The molecule has 1 rings (SSSR count). The third-order valence-corrected chi connectivity index (χ3v) is 1.06. The summed E-state index contributed by atoms with van der Waals surface area (Å²) in [5, 5.41) is 0. The average Bonchev–Trinajstić information content (AvgIpc) is 1.57. The second-order valence-corrected chi connectivity index (χ2v) is 5.14. The molecule has 0 unspecified atom stereocenters. The zero-order valence-electron chi connectivity index (χ0n) is 4.89. The van der Waals surface area contributed by atoms with Gasteiger partial charge in [-0.15, -0.1) is 0 Å². The fourth-order valence-corrected chi connectivity index (χ4v) is 0.350. The number of hydrogen-bond acceptors (Lipinski definition) is 4. The van der Waals surface area contributed by atoms with Crippen LogP contribution in [0.5, 0.6) is 0 Å². The lowest BCUT2D eigenvalue weighted by Gasteiger charge is -2.17. The molecule has 1 fully saturated rings. The smallest absolute Gasteiger partial charge is 0.325 e. The quantitative estimate of drug-likeness (QED) is 0.299. The topological polar surface area (TPSA) is 116 Å². The van der Waals surface area contributed by atoms with Crippen LogP contribution in [0.15, 0.2) is 0 Å². The van der Waals surface area contributed by atoms with Crippen LogP contribution in [0.4, 0.5) is 0 Å². The van der Waals surface area contributed by atoms with E-state index in [0.717, 1.165) is 7.69 Å². The highest BCUT2D eigenvalue weighted by atomic mass is 32.5. The van der Waals surface area contributed by atoms with E-state index < -0.39 is 14.5 Å². The molecule has 1 heterocycles. The van der Waals surface area contributed by atoms with E-state index >= 15 is 0 Å². The number of hydrogen-bond donors (Lipinski definition) is 4. The lowest BCUT2D eigenvalue weighted by molar-refractivity contribution is 0.222. The molecule has 0 aromatic rings. The van der Waals surface area contributed by atoms with Gasteiger partial charge in [0, 0.05) is 0 Å². The van der Waals surface area contributed by atoms with Crippen LogP contribution in [-0.2, 0) is 25.3 Å². The Morgan fingerprint density at radius 3 is 1.55 bits per heavy atom. The third-order valence-electron chi connectivity index (χ3n) is 0.352. The molecular weight excluding hydrogens is 217 g/mol. The van der Waals surface area contributed by atoms with Crippen molar-refractivity contribution in [2.75, 3.05) is 0 Å². The summed E-state index contributed by atoms with van der Waals surface area (Å²) in [5.41, 5.74) is 0. The molecule has 1 aliphatic heterocycles. The number of phosphoric acid groups is 1. The molecule has 1 aliphatic rings. The molecule has 0 saturated carbocycles. The average molecular weight is 221 g/mol. The lowest BCUT2D eigenvalue weighted by atomic mass is 10.4. The Bertz CT molecular complexity index is 190. The van der Waals surface area contributed by atoms with Crippen LogP contribution in [0.1, 0.15) is 0 Å². The van der Waals surface area contributed by atoms with Gasteiger partial charge in [0.1, 0.15) is 0 Å². The molecule has 11 heavy (non-hydrogen) atoms. The Hall–Kier alpha value is 0.705. The minimum Gasteiger partial charge on any atom is -0.325 e. The van der Waals surface area contributed by atoms with E-state index in [1.165, 1.54) is 0 Å². The fourth-order valence-electron chi connectivity index (χ4n) is 0.117. The first-order chi connectivity index (χ1) is 4.71. The molecule has 0 aliphatic carbocycles. The maximum Gasteiger partial charge on any atom is 0.505 e. The molecule has 0 aromatic carbocycles. The van der Waals surface area contributed by atoms with Crippen molar-refractivity contribution in [3.05, 3.63) is 0 Å². The lowest BCUT2D eigenvalue weighted by Crippen LogP contribution is -2.12. The van der Waals surface area contributed by atoms with E-state index in [4.69, 9.17) is 19.6 Å². The minimum atomic E-state index is -3.81. The number of rotatable bonds is 0. The molecule has 4 N–H and O–H groups in total. The maximum atomic E-state index is 9.75. The van der Waals surface area contributed by atoms with Crippen LogP contribution in [0.25, 0.3) is 0 Å². The van der Waals surface area contributed by atoms with Crippen molar-refractivity contribution < 1.29 is 33.0 Å². The zero-order valence-corrected chi connectivity index (χ0v) is 7.50. The second-order valence-electron chi connectivity index (χ2n) is 1.29. The molecule has 0 spiro atoms. The van der Waals surface area contributed by atoms with Crippen molar-refractivity contribution in [1.82, 2.24) is 0 Å². The summed E-state index contributed by atoms with van der Waals surface area (Å²) >= 11 is 3.60. The second kappa shape index (κ2) is 4.09. The summed E-state index contributed by atoms with van der Waals surface area (Å²) in [5.74, 6) is 0. The fraction of sp³-hybridized carbons (Fsp3) is 0. The summed E-state index contributed by atoms with van der Waals surface area (Å²) in [6.07, 6.45) is 0. The van der Waals surface area contributed by atoms with Gasteiger partial charge in [0.15, 0.2) is 0 Å². The van der Waals surface area contributed by atoms with Gasteiger partial charge in [0.25, 0.3) is 0 Å². The van der Waals surface area contributed by atoms with Crippen molar-refractivity contribution >= 4 is 34.0 Å². The van der Waals surface area contributed by atoms with Gasteiger partial charge in [0.05, 0.1) is 0 Å². The molecular formula is H4BO7P2S. The molecule has 0 amide bonds. The summed E-state index contributed by atoms with van der Waals surface area (Å²) in [7, 11) is -2.70. The monoisotopic (exact) mass is 221 g/mol. The van der Waals surface area contributed by atoms with Crippen LogP contribution in [-0.4, -0.2) is 27.3 Å². The summed E-state index contributed by atoms with van der Waals surface area (Å²) in [6.45, 7) is -3.81. The first kappa shape index (κ1) is 11.7. The van der Waals surface area contributed by atoms with Crippen molar-refractivity contribution in [2.24, 2.45) is 0 Å². The highest BCUT2D eigenvalue weighted by molar-refractivity contribution is 8.06. The molecule has 1 radical (unpaired) electrons. The summed E-state index contributed by atoms with van der Waals surface area (Å²) in [6, 6.07) is 0. The molecule has 7 nitrogen and oxygen atoms in total. The van der Waals surface area contributed by atoms with E-state index in [1.807, 2.05) is 0 Å².